The minimum absolute atomic E-state index is 0.0109. The summed E-state index contributed by atoms with van der Waals surface area (Å²) in [7, 11) is -2.53. The third-order valence-electron chi connectivity index (χ3n) is 3.88. The fraction of sp³-hybridized carbons (Fsp3) is 0.222. The number of ketones is 1. The highest BCUT2D eigenvalue weighted by atomic mass is 35.5. The molecule has 8 heteroatoms. The second-order valence-corrected chi connectivity index (χ2v) is 8.25. The van der Waals surface area contributed by atoms with E-state index < -0.39 is 15.9 Å². The first-order valence-electron chi connectivity index (χ1n) is 7.75. The number of rotatable bonds is 6. The summed E-state index contributed by atoms with van der Waals surface area (Å²) in [5, 5.41) is 3.16. The Kier molecular flexibility index (Phi) is 6.17. The minimum atomic E-state index is -3.85. The molecule has 6 nitrogen and oxygen atoms in total. The van der Waals surface area contributed by atoms with Gasteiger partial charge in [-0.3, -0.25) is 9.59 Å². The quantitative estimate of drug-likeness (QED) is 0.763. The molecule has 0 saturated heterocycles. The summed E-state index contributed by atoms with van der Waals surface area (Å²) in [4.78, 5) is 23.5. The number of Topliss-reactive ketones (excluding diaryl/α,β-unsaturated/α-hetero) is 1. The van der Waals surface area contributed by atoms with E-state index in [1.165, 1.54) is 38.2 Å². The summed E-state index contributed by atoms with van der Waals surface area (Å²) < 4.78 is 26.1. The fourth-order valence-corrected chi connectivity index (χ4v) is 3.56. The molecule has 0 atom stereocenters. The van der Waals surface area contributed by atoms with E-state index in [1.807, 2.05) is 0 Å². The topological polar surface area (TPSA) is 83.6 Å². The normalized spacial score (nSPS) is 11.4. The van der Waals surface area contributed by atoms with Gasteiger partial charge in [-0.05, 0) is 43.7 Å². The van der Waals surface area contributed by atoms with E-state index in [4.69, 9.17) is 11.6 Å². The van der Waals surface area contributed by atoms with Crippen molar-refractivity contribution in [1.82, 2.24) is 4.31 Å². The fourth-order valence-electron chi connectivity index (χ4n) is 2.26. The first-order valence-corrected chi connectivity index (χ1v) is 9.57. The number of halogens is 1. The number of benzene rings is 2. The van der Waals surface area contributed by atoms with Crippen LogP contribution in [0.25, 0.3) is 0 Å². The number of hydrogen-bond acceptors (Lipinski definition) is 4. The number of sulfonamides is 1. The molecule has 0 aliphatic carbocycles. The van der Waals surface area contributed by atoms with Crippen molar-refractivity contribution in [2.75, 3.05) is 18.9 Å². The van der Waals surface area contributed by atoms with E-state index in [2.05, 4.69) is 5.32 Å². The monoisotopic (exact) mass is 394 g/mol. The Labute approximate surface area is 157 Å². The number of amides is 1. The maximum Gasteiger partial charge on any atom is 0.243 e. The van der Waals surface area contributed by atoms with Gasteiger partial charge < -0.3 is 5.32 Å². The largest absolute Gasteiger partial charge is 0.325 e. The SMILES string of the molecule is CC(=O)c1ccc(S(=O)(=O)N(C)CC(=O)Nc2cccc(Cl)c2C)cc1. The minimum Gasteiger partial charge on any atom is -0.325 e. The van der Waals surface area contributed by atoms with E-state index >= 15 is 0 Å². The van der Waals surface area contributed by atoms with E-state index in [0.717, 1.165) is 4.31 Å². The zero-order valence-corrected chi connectivity index (χ0v) is 16.2. The van der Waals surface area contributed by atoms with Crippen LogP contribution in [0, 0.1) is 6.92 Å². The smallest absolute Gasteiger partial charge is 0.243 e. The lowest BCUT2D eigenvalue weighted by Gasteiger charge is -2.17. The Bertz CT molecular complexity index is 940. The summed E-state index contributed by atoms with van der Waals surface area (Å²) >= 11 is 6.01. The Hall–Kier alpha value is -2.22. The summed E-state index contributed by atoms with van der Waals surface area (Å²) in [6.45, 7) is 2.80. The van der Waals surface area contributed by atoms with E-state index in [1.54, 1.807) is 25.1 Å². The Morgan fingerprint density at radius 3 is 2.31 bits per heavy atom. The number of hydrogen-bond donors (Lipinski definition) is 1. The van der Waals surface area contributed by atoms with E-state index in [-0.39, 0.29) is 17.2 Å². The summed E-state index contributed by atoms with van der Waals surface area (Å²) in [5.74, 6) is -0.639. The molecule has 2 aromatic rings. The molecule has 1 amide bonds. The predicted molar refractivity (Wildman–Crippen MR) is 101 cm³/mol. The molecule has 2 aromatic carbocycles. The average molecular weight is 395 g/mol. The second-order valence-electron chi connectivity index (χ2n) is 5.80. The van der Waals surface area contributed by atoms with Gasteiger partial charge in [0.15, 0.2) is 5.78 Å². The van der Waals surface area contributed by atoms with Crippen molar-refractivity contribution in [1.29, 1.82) is 0 Å². The number of anilines is 1. The van der Waals surface area contributed by atoms with Gasteiger partial charge >= 0.3 is 0 Å². The van der Waals surface area contributed by atoms with E-state index in [0.29, 0.717) is 21.8 Å². The first kappa shape index (κ1) is 20.1. The third kappa shape index (κ3) is 4.49. The lowest BCUT2D eigenvalue weighted by molar-refractivity contribution is -0.116. The van der Waals surface area contributed by atoms with Crippen LogP contribution in [-0.2, 0) is 14.8 Å². The average Bonchev–Trinajstić information content (AvgIpc) is 2.59. The zero-order chi connectivity index (χ0) is 19.5. The number of carbonyl (C=O) groups excluding carboxylic acids is 2. The van der Waals surface area contributed by atoms with Gasteiger partial charge in [-0.15, -0.1) is 0 Å². The molecule has 26 heavy (non-hydrogen) atoms. The van der Waals surface area contributed by atoms with Gasteiger partial charge in [0.05, 0.1) is 11.4 Å². The molecule has 0 aromatic heterocycles. The van der Waals surface area contributed by atoms with Gasteiger partial charge in [0.1, 0.15) is 0 Å². The van der Waals surface area contributed by atoms with Gasteiger partial charge in [-0.1, -0.05) is 29.8 Å². The summed E-state index contributed by atoms with van der Waals surface area (Å²) in [6.07, 6.45) is 0. The predicted octanol–water partition coefficient (Wildman–Crippen LogP) is 3.11. The highest BCUT2D eigenvalue weighted by Crippen LogP contribution is 2.23. The van der Waals surface area contributed by atoms with Crippen molar-refractivity contribution in [3.05, 3.63) is 58.6 Å². The van der Waals surface area contributed by atoms with Crippen LogP contribution in [0.5, 0.6) is 0 Å². The standard InChI is InChI=1S/C18H19ClN2O4S/c1-12-16(19)5-4-6-17(12)20-18(23)11-21(3)26(24,25)15-9-7-14(8-10-15)13(2)22/h4-10H,11H2,1-3H3,(H,20,23). The van der Waals surface area contributed by atoms with Crippen LogP contribution >= 0.6 is 11.6 Å². The van der Waals surface area contributed by atoms with Crippen LogP contribution in [0.1, 0.15) is 22.8 Å². The van der Waals surface area contributed by atoms with Crippen molar-refractivity contribution in [2.45, 2.75) is 18.7 Å². The number of nitrogens with one attached hydrogen (secondary N) is 1. The molecule has 0 bridgehead atoms. The summed E-state index contributed by atoms with van der Waals surface area (Å²) in [5.41, 5.74) is 1.65. The lowest BCUT2D eigenvalue weighted by Crippen LogP contribution is -2.35. The molecular formula is C18H19ClN2O4S. The van der Waals surface area contributed by atoms with Crippen LogP contribution in [0.15, 0.2) is 47.4 Å². The van der Waals surface area contributed by atoms with Crippen LogP contribution < -0.4 is 5.32 Å². The molecule has 138 valence electrons. The van der Waals surface area contributed by atoms with E-state index in [9.17, 15) is 18.0 Å². The van der Waals surface area contributed by atoms with Gasteiger partial charge in [0, 0.05) is 23.3 Å². The Morgan fingerprint density at radius 2 is 1.73 bits per heavy atom. The molecule has 0 radical (unpaired) electrons. The Morgan fingerprint density at radius 1 is 1.12 bits per heavy atom. The second kappa shape index (κ2) is 7.99. The van der Waals surface area contributed by atoms with Crippen molar-refractivity contribution in [3.63, 3.8) is 0 Å². The van der Waals surface area contributed by atoms with Gasteiger partial charge in [0.25, 0.3) is 0 Å². The highest BCUT2D eigenvalue weighted by molar-refractivity contribution is 7.89. The summed E-state index contributed by atoms with van der Waals surface area (Å²) in [6, 6.07) is 10.7. The highest BCUT2D eigenvalue weighted by Gasteiger charge is 2.23. The molecule has 0 saturated carbocycles. The molecular weight excluding hydrogens is 376 g/mol. The maximum atomic E-state index is 12.6. The molecule has 0 unspecified atom stereocenters. The molecule has 2 rings (SSSR count). The van der Waals surface area contributed by atoms with Crippen LogP contribution in [0.4, 0.5) is 5.69 Å². The van der Waals surface area contributed by atoms with Gasteiger partial charge in [0.2, 0.25) is 15.9 Å². The van der Waals surface area contributed by atoms with Gasteiger partial charge in [-0.25, -0.2) is 8.42 Å². The van der Waals surface area contributed by atoms with Crippen molar-refractivity contribution >= 4 is 39.0 Å². The molecule has 0 heterocycles. The van der Waals surface area contributed by atoms with Crippen LogP contribution in [0.3, 0.4) is 0 Å². The van der Waals surface area contributed by atoms with Crippen LogP contribution in [-0.4, -0.2) is 38.0 Å². The van der Waals surface area contributed by atoms with Crippen LogP contribution in [0.2, 0.25) is 5.02 Å². The van der Waals surface area contributed by atoms with Gasteiger partial charge in [-0.2, -0.15) is 4.31 Å². The molecule has 0 aliphatic heterocycles. The van der Waals surface area contributed by atoms with Crippen molar-refractivity contribution < 1.29 is 18.0 Å². The maximum absolute atomic E-state index is 12.6. The molecule has 0 fully saturated rings. The first-order chi connectivity index (χ1) is 12.1. The van der Waals surface area contributed by atoms with Crippen molar-refractivity contribution in [2.24, 2.45) is 0 Å². The number of carbonyl (C=O) groups is 2. The third-order valence-corrected chi connectivity index (χ3v) is 6.10. The molecule has 0 spiro atoms. The molecule has 1 N–H and O–H groups in total. The lowest BCUT2D eigenvalue weighted by atomic mass is 10.2. The number of nitrogens with zero attached hydrogens (tertiary/aromatic N) is 1. The Balaban J connectivity index is 2.12. The number of likely N-dealkylation sites (N-methyl/N-ethyl adjacent to an activating group) is 1. The van der Waals surface area contributed by atoms with Crippen molar-refractivity contribution in [3.8, 4) is 0 Å². The zero-order valence-electron chi connectivity index (χ0n) is 14.6. The molecule has 0 aliphatic rings.